The number of carbonyl (C=O) groups excluding carboxylic acids is 1. The van der Waals surface area contributed by atoms with Gasteiger partial charge in [0.2, 0.25) is 10.0 Å². The van der Waals surface area contributed by atoms with Crippen molar-refractivity contribution in [3.05, 3.63) is 59.1 Å². The molecule has 2 aromatic rings. The van der Waals surface area contributed by atoms with E-state index in [-0.39, 0.29) is 16.8 Å². The summed E-state index contributed by atoms with van der Waals surface area (Å²) in [7, 11) is -3.56. The van der Waals surface area contributed by atoms with Crippen LogP contribution in [0.3, 0.4) is 0 Å². The minimum absolute atomic E-state index is 0.0691. The highest BCUT2D eigenvalue weighted by Gasteiger charge is 2.30. The summed E-state index contributed by atoms with van der Waals surface area (Å²) in [5.74, 6) is 0.0691. The van der Waals surface area contributed by atoms with Crippen molar-refractivity contribution in [2.75, 3.05) is 25.0 Å². The number of nitrogens with one attached hydrogen (secondary N) is 2. The number of nitrogens with zero attached hydrogens (tertiary/aromatic N) is 1. The Balaban J connectivity index is 1.55. The van der Waals surface area contributed by atoms with Crippen LogP contribution in [-0.4, -0.2) is 38.4 Å². The van der Waals surface area contributed by atoms with Gasteiger partial charge in [-0.2, -0.15) is 4.31 Å². The fourth-order valence-electron chi connectivity index (χ4n) is 3.22. The fourth-order valence-corrected chi connectivity index (χ4v) is 4.90. The predicted octanol–water partition coefficient (Wildman–Crippen LogP) is 3.87. The number of hydrogen-bond donors (Lipinski definition) is 2. The maximum Gasteiger partial charge on any atom is 0.319 e. The van der Waals surface area contributed by atoms with Crippen LogP contribution in [0, 0.1) is 12.8 Å². The Morgan fingerprint density at radius 1 is 1.14 bits per heavy atom. The molecule has 8 heteroatoms. The van der Waals surface area contributed by atoms with Crippen LogP contribution in [0.1, 0.15) is 18.4 Å². The molecule has 0 radical (unpaired) electrons. The van der Waals surface area contributed by atoms with Crippen LogP contribution in [-0.2, 0) is 10.0 Å². The van der Waals surface area contributed by atoms with Crippen LogP contribution < -0.4 is 10.6 Å². The molecule has 0 bridgehead atoms. The van der Waals surface area contributed by atoms with Crippen molar-refractivity contribution in [2.24, 2.45) is 5.92 Å². The van der Waals surface area contributed by atoms with Gasteiger partial charge in [0.05, 0.1) is 4.90 Å². The van der Waals surface area contributed by atoms with Gasteiger partial charge >= 0.3 is 6.03 Å². The maximum atomic E-state index is 12.8. The predicted molar refractivity (Wildman–Crippen MR) is 111 cm³/mol. The molecule has 2 N–H and O–H groups in total. The van der Waals surface area contributed by atoms with E-state index < -0.39 is 10.0 Å². The summed E-state index contributed by atoms with van der Waals surface area (Å²) in [6, 6.07) is 13.4. The van der Waals surface area contributed by atoms with Crippen LogP contribution in [0.4, 0.5) is 10.5 Å². The summed E-state index contributed by atoms with van der Waals surface area (Å²) in [6.45, 7) is 3.27. The largest absolute Gasteiger partial charge is 0.338 e. The molecule has 0 saturated carbocycles. The zero-order valence-corrected chi connectivity index (χ0v) is 17.3. The van der Waals surface area contributed by atoms with Gasteiger partial charge in [-0.1, -0.05) is 29.3 Å². The number of rotatable bonds is 5. The molecule has 1 atom stereocenters. The molecule has 0 aromatic heterocycles. The molecule has 0 spiro atoms. The van der Waals surface area contributed by atoms with Crippen LogP contribution >= 0.6 is 11.6 Å². The Labute approximate surface area is 170 Å². The number of amides is 2. The second kappa shape index (κ2) is 8.94. The van der Waals surface area contributed by atoms with E-state index in [2.05, 4.69) is 10.6 Å². The number of aryl methyl sites for hydroxylation is 1. The van der Waals surface area contributed by atoms with Gasteiger partial charge in [0.25, 0.3) is 0 Å². The van der Waals surface area contributed by atoms with E-state index in [0.29, 0.717) is 24.7 Å². The van der Waals surface area contributed by atoms with E-state index in [1.54, 1.807) is 12.1 Å². The van der Waals surface area contributed by atoms with Crippen LogP contribution in [0.15, 0.2) is 53.4 Å². The van der Waals surface area contributed by atoms with Gasteiger partial charge in [-0.15, -0.1) is 0 Å². The lowest BCUT2D eigenvalue weighted by Gasteiger charge is -2.32. The quantitative estimate of drug-likeness (QED) is 0.769. The zero-order chi connectivity index (χ0) is 20.1. The molecular weight excluding hydrogens is 398 g/mol. The Hall–Kier alpha value is -2.09. The minimum atomic E-state index is -3.56. The highest BCUT2D eigenvalue weighted by molar-refractivity contribution is 7.89. The summed E-state index contributed by atoms with van der Waals surface area (Å²) < 4.78 is 27.2. The molecule has 1 aliphatic heterocycles. The van der Waals surface area contributed by atoms with E-state index in [0.717, 1.165) is 24.1 Å². The molecule has 1 heterocycles. The first-order valence-electron chi connectivity index (χ1n) is 9.22. The number of hydrogen-bond acceptors (Lipinski definition) is 3. The first-order chi connectivity index (χ1) is 13.3. The molecule has 150 valence electrons. The topological polar surface area (TPSA) is 78.5 Å². The fraction of sp³-hybridized carbons (Fsp3) is 0.350. The molecule has 0 unspecified atom stereocenters. The number of carbonyl (C=O) groups is 1. The third kappa shape index (κ3) is 5.25. The van der Waals surface area contributed by atoms with Crippen molar-refractivity contribution >= 4 is 33.3 Å². The standard InChI is InChI=1S/C20H24ClN3O3S/c1-15-4-8-18(9-5-15)23-20(25)22-13-16-3-2-12-24(14-16)28(26,27)19-10-6-17(21)7-11-19/h4-11,16H,2-3,12-14H2,1H3,(H2,22,23,25)/t16-/m1/s1. The maximum absolute atomic E-state index is 12.8. The van der Waals surface area contributed by atoms with Gasteiger partial charge in [0.1, 0.15) is 0 Å². The molecule has 2 amide bonds. The van der Waals surface area contributed by atoms with Crippen molar-refractivity contribution in [2.45, 2.75) is 24.7 Å². The van der Waals surface area contributed by atoms with Gasteiger partial charge in [0, 0.05) is 30.3 Å². The third-order valence-electron chi connectivity index (χ3n) is 4.79. The average molecular weight is 422 g/mol. The lowest BCUT2D eigenvalue weighted by atomic mass is 10.00. The number of sulfonamides is 1. The molecule has 0 aliphatic carbocycles. The van der Waals surface area contributed by atoms with E-state index >= 15 is 0 Å². The van der Waals surface area contributed by atoms with E-state index in [1.165, 1.54) is 16.4 Å². The van der Waals surface area contributed by atoms with Crippen molar-refractivity contribution in [1.29, 1.82) is 0 Å². The van der Waals surface area contributed by atoms with Crippen LogP contribution in [0.25, 0.3) is 0 Å². The SMILES string of the molecule is Cc1ccc(NC(=O)NC[C@H]2CCCN(S(=O)(=O)c3ccc(Cl)cc3)C2)cc1. The zero-order valence-electron chi connectivity index (χ0n) is 15.7. The normalized spacial score (nSPS) is 17.9. The molecular formula is C20H24ClN3O3S. The monoisotopic (exact) mass is 421 g/mol. The first kappa shape index (κ1) is 20.6. The van der Waals surface area contributed by atoms with Crippen molar-refractivity contribution in [3.8, 4) is 0 Å². The minimum Gasteiger partial charge on any atom is -0.338 e. The van der Waals surface area contributed by atoms with E-state index in [1.807, 2.05) is 31.2 Å². The number of piperidine rings is 1. The van der Waals surface area contributed by atoms with Gasteiger partial charge in [0.15, 0.2) is 0 Å². The Kier molecular flexibility index (Phi) is 6.59. The second-order valence-corrected chi connectivity index (χ2v) is 9.40. The van der Waals surface area contributed by atoms with Gasteiger partial charge < -0.3 is 10.6 Å². The molecule has 28 heavy (non-hydrogen) atoms. The molecule has 3 rings (SSSR count). The van der Waals surface area contributed by atoms with Crippen molar-refractivity contribution in [1.82, 2.24) is 9.62 Å². The Morgan fingerprint density at radius 3 is 2.50 bits per heavy atom. The number of anilines is 1. The lowest BCUT2D eigenvalue weighted by Crippen LogP contribution is -2.44. The Morgan fingerprint density at radius 2 is 1.82 bits per heavy atom. The molecule has 2 aromatic carbocycles. The second-order valence-electron chi connectivity index (χ2n) is 7.03. The summed E-state index contributed by atoms with van der Waals surface area (Å²) in [4.78, 5) is 12.3. The highest BCUT2D eigenvalue weighted by Crippen LogP contribution is 2.24. The third-order valence-corrected chi connectivity index (χ3v) is 6.93. The van der Waals surface area contributed by atoms with Crippen molar-refractivity contribution in [3.63, 3.8) is 0 Å². The Bertz CT molecular complexity index is 915. The average Bonchev–Trinajstić information content (AvgIpc) is 2.69. The summed E-state index contributed by atoms with van der Waals surface area (Å²) in [5.41, 5.74) is 1.84. The molecule has 1 fully saturated rings. The molecule has 1 saturated heterocycles. The first-order valence-corrected chi connectivity index (χ1v) is 11.0. The number of benzene rings is 2. The lowest BCUT2D eigenvalue weighted by molar-refractivity contribution is 0.238. The highest BCUT2D eigenvalue weighted by atomic mass is 35.5. The number of halogens is 1. The van der Waals surface area contributed by atoms with Crippen molar-refractivity contribution < 1.29 is 13.2 Å². The van der Waals surface area contributed by atoms with Gasteiger partial charge in [-0.25, -0.2) is 13.2 Å². The number of urea groups is 1. The molecule has 6 nitrogen and oxygen atoms in total. The summed E-state index contributed by atoms with van der Waals surface area (Å²) >= 11 is 5.85. The summed E-state index contributed by atoms with van der Waals surface area (Å²) in [5, 5.41) is 6.13. The molecule has 1 aliphatic rings. The van der Waals surface area contributed by atoms with Crippen LogP contribution in [0.5, 0.6) is 0 Å². The smallest absolute Gasteiger partial charge is 0.319 e. The van der Waals surface area contributed by atoms with E-state index in [9.17, 15) is 13.2 Å². The van der Waals surface area contributed by atoms with Crippen LogP contribution in [0.2, 0.25) is 5.02 Å². The van der Waals surface area contributed by atoms with E-state index in [4.69, 9.17) is 11.6 Å². The van der Waals surface area contributed by atoms with Gasteiger partial charge in [-0.3, -0.25) is 0 Å². The summed E-state index contributed by atoms with van der Waals surface area (Å²) in [6.07, 6.45) is 1.64. The van der Waals surface area contributed by atoms with Gasteiger partial charge in [-0.05, 0) is 62.1 Å².